The first-order valence-electron chi connectivity index (χ1n) is 9.22. The molecular formula is C20H15ClFN3O6S2. The zero-order valence-corrected chi connectivity index (χ0v) is 19.2. The summed E-state index contributed by atoms with van der Waals surface area (Å²) in [5.41, 5.74) is 0.588. The number of hydrogen-bond acceptors (Lipinski definition) is 9. The molecule has 2 aromatic heterocycles. The summed E-state index contributed by atoms with van der Waals surface area (Å²) in [6.07, 6.45) is 1.05. The number of carbonyl (C=O) groups is 1. The van der Waals surface area contributed by atoms with Gasteiger partial charge in [-0.2, -0.15) is 9.36 Å². The Morgan fingerprint density at radius 3 is 2.64 bits per heavy atom. The fourth-order valence-corrected chi connectivity index (χ4v) is 4.17. The van der Waals surface area contributed by atoms with Gasteiger partial charge in [-0.3, -0.25) is 0 Å². The van der Waals surface area contributed by atoms with E-state index in [1.54, 1.807) is 0 Å². The predicted octanol–water partition coefficient (Wildman–Crippen LogP) is 4.73. The molecule has 9 nitrogen and oxygen atoms in total. The summed E-state index contributed by atoms with van der Waals surface area (Å²) in [5, 5.41) is 12.9. The first-order valence-corrected chi connectivity index (χ1v) is 12.6. The molecular weight excluding hydrogens is 497 g/mol. The minimum atomic E-state index is -3.40. The predicted molar refractivity (Wildman–Crippen MR) is 121 cm³/mol. The van der Waals surface area contributed by atoms with E-state index >= 15 is 0 Å². The average molecular weight is 512 g/mol. The van der Waals surface area contributed by atoms with Gasteiger partial charge in [0.1, 0.15) is 28.6 Å². The molecule has 0 aliphatic heterocycles. The quantitative estimate of drug-likeness (QED) is 0.322. The number of nitrogens with one attached hydrogen (secondary N) is 1. The highest BCUT2D eigenvalue weighted by molar-refractivity contribution is 7.90. The number of carboxylic acids is 1. The molecule has 4 aromatic rings. The Morgan fingerprint density at radius 1 is 1.30 bits per heavy atom. The molecule has 172 valence electrons. The molecule has 0 atom stereocenters. The number of sulfone groups is 1. The fraction of sp³-hybridized carbons (Fsp3) is 0.150. The summed E-state index contributed by atoms with van der Waals surface area (Å²) in [6, 6.07) is 8.00. The van der Waals surface area contributed by atoms with E-state index in [9.17, 15) is 22.7 Å². The highest BCUT2D eigenvalue weighted by atomic mass is 35.5. The smallest absolute Gasteiger partial charge is 0.340 e. The van der Waals surface area contributed by atoms with E-state index in [1.807, 2.05) is 0 Å². The minimum Gasteiger partial charge on any atom is -0.478 e. The summed E-state index contributed by atoms with van der Waals surface area (Å²) in [5.74, 6) is -1.61. The van der Waals surface area contributed by atoms with E-state index in [0.29, 0.717) is 11.4 Å². The third kappa shape index (κ3) is 5.07. The van der Waals surface area contributed by atoms with Crippen molar-refractivity contribution in [3.63, 3.8) is 0 Å². The number of alkyl halides is 1. The van der Waals surface area contributed by atoms with Gasteiger partial charge in [-0.25, -0.2) is 17.6 Å². The number of nitrogens with zero attached hydrogens (tertiary/aromatic N) is 2. The molecule has 33 heavy (non-hydrogen) atoms. The maximum absolute atomic E-state index is 13.3. The van der Waals surface area contributed by atoms with Gasteiger partial charge in [0.05, 0.1) is 11.6 Å². The maximum Gasteiger partial charge on any atom is 0.340 e. The average Bonchev–Trinajstić information content (AvgIpc) is 3.36. The Hall–Kier alpha value is -3.22. The molecule has 0 aliphatic carbocycles. The van der Waals surface area contributed by atoms with Crippen LogP contribution >= 0.6 is 23.1 Å². The van der Waals surface area contributed by atoms with Crippen molar-refractivity contribution in [3.05, 3.63) is 53.6 Å². The lowest BCUT2D eigenvalue weighted by molar-refractivity contribution is 0.0699. The Balaban J connectivity index is 1.88. The minimum absolute atomic E-state index is 0.0176. The summed E-state index contributed by atoms with van der Waals surface area (Å²) in [6.45, 7) is 0. The van der Waals surface area contributed by atoms with E-state index in [2.05, 4.69) is 14.7 Å². The van der Waals surface area contributed by atoms with Crippen LogP contribution in [0.4, 0.5) is 10.1 Å². The van der Waals surface area contributed by atoms with Gasteiger partial charge >= 0.3 is 5.97 Å². The number of aromatic nitrogens is 2. The SMILES string of the molecule is CS(=O)(=O)CNc1cc2oc(-c3ccc(F)cc3)c(C(=O)O)c2cc1Oc1nc(CCl)ns1. The number of furan rings is 1. The number of benzene rings is 2. The lowest BCUT2D eigenvalue weighted by Gasteiger charge is -2.11. The standard InChI is InChI=1S/C20H15ClFN3O6S2/c1-33(28,29)9-23-13-7-14-12(6-15(13)31-20-24-16(8-21)25-32-20)17(19(26)27)18(30-14)10-2-4-11(22)5-3-10/h2-7,23H,8-9H2,1H3,(H,26,27). The number of ether oxygens (including phenoxy) is 1. The molecule has 0 amide bonds. The van der Waals surface area contributed by atoms with Crippen LogP contribution < -0.4 is 10.1 Å². The van der Waals surface area contributed by atoms with Crippen molar-refractivity contribution in [1.82, 2.24) is 9.36 Å². The largest absolute Gasteiger partial charge is 0.478 e. The molecule has 0 saturated carbocycles. The van der Waals surface area contributed by atoms with Gasteiger partial charge in [-0.05, 0) is 30.3 Å². The molecule has 4 rings (SSSR count). The first-order chi connectivity index (χ1) is 15.6. The summed E-state index contributed by atoms with van der Waals surface area (Å²) >= 11 is 6.66. The van der Waals surface area contributed by atoms with Crippen LogP contribution in [0, 0.1) is 5.82 Å². The lowest BCUT2D eigenvalue weighted by Crippen LogP contribution is -2.12. The fourth-order valence-electron chi connectivity index (χ4n) is 3.00. The van der Waals surface area contributed by atoms with Gasteiger partial charge in [-0.15, -0.1) is 11.6 Å². The second-order valence-electron chi connectivity index (χ2n) is 6.92. The van der Waals surface area contributed by atoms with Crippen molar-refractivity contribution in [2.75, 3.05) is 17.4 Å². The number of rotatable bonds is 8. The summed E-state index contributed by atoms with van der Waals surface area (Å²) in [7, 11) is -3.40. The topological polar surface area (TPSA) is 132 Å². The number of hydrogen-bond donors (Lipinski definition) is 2. The van der Waals surface area contributed by atoms with E-state index in [0.717, 1.165) is 17.8 Å². The molecule has 2 heterocycles. The molecule has 0 fully saturated rings. The monoisotopic (exact) mass is 511 g/mol. The van der Waals surface area contributed by atoms with Crippen LogP contribution in [0.3, 0.4) is 0 Å². The zero-order chi connectivity index (χ0) is 23.8. The Bertz CT molecular complexity index is 1450. The van der Waals surface area contributed by atoms with Crippen molar-refractivity contribution in [1.29, 1.82) is 0 Å². The number of aromatic carboxylic acids is 1. The van der Waals surface area contributed by atoms with Gasteiger partial charge in [0.2, 0.25) is 0 Å². The Morgan fingerprint density at radius 2 is 2.03 bits per heavy atom. The molecule has 0 saturated heterocycles. The third-order valence-corrected chi connectivity index (χ3v) is 5.94. The lowest BCUT2D eigenvalue weighted by atomic mass is 10.0. The molecule has 13 heteroatoms. The van der Waals surface area contributed by atoms with E-state index in [4.69, 9.17) is 20.8 Å². The Labute approximate surface area is 195 Å². The van der Waals surface area contributed by atoms with Crippen LogP contribution in [0.15, 0.2) is 40.8 Å². The van der Waals surface area contributed by atoms with Crippen molar-refractivity contribution in [3.8, 4) is 22.3 Å². The Kier molecular flexibility index (Phi) is 6.23. The van der Waals surface area contributed by atoms with Crippen molar-refractivity contribution in [2.24, 2.45) is 0 Å². The molecule has 0 spiro atoms. The van der Waals surface area contributed by atoms with Crippen molar-refractivity contribution in [2.45, 2.75) is 5.88 Å². The van der Waals surface area contributed by atoms with Gasteiger partial charge in [0.15, 0.2) is 21.4 Å². The van der Waals surface area contributed by atoms with Crippen LogP contribution in [0.2, 0.25) is 0 Å². The van der Waals surface area contributed by atoms with Crippen LogP contribution in [-0.2, 0) is 15.7 Å². The molecule has 2 aromatic carbocycles. The number of halogens is 2. The van der Waals surface area contributed by atoms with E-state index < -0.39 is 27.5 Å². The number of anilines is 1. The second kappa shape index (κ2) is 8.96. The van der Waals surface area contributed by atoms with Crippen LogP contribution in [0.1, 0.15) is 16.2 Å². The second-order valence-corrected chi connectivity index (χ2v) is 10.0. The summed E-state index contributed by atoms with van der Waals surface area (Å²) < 4.78 is 52.3. The zero-order valence-electron chi connectivity index (χ0n) is 16.8. The van der Waals surface area contributed by atoms with Gasteiger partial charge < -0.3 is 19.6 Å². The van der Waals surface area contributed by atoms with Gasteiger partial charge in [0.25, 0.3) is 5.19 Å². The highest BCUT2D eigenvalue weighted by Gasteiger charge is 2.24. The molecule has 0 radical (unpaired) electrons. The molecule has 0 unspecified atom stereocenters. The van der Waals surface area contributed by atoms with Gasteiger partial charge in [0, 0.05) is 34.8 Å². The molecule has 0 bridgehead atoms. The van der Waals surface area contributed by atoms with Crippen LogP contribution in [-0.4, -0.2) is 41.0 Å². The highest BCUT2D eigenvalue weighted by Crippen LogP contribution is 2.40. The van der Waals surface area contributed by atoms with Crippen molar-refractivity contribution < 1.29 is 31.9 Å². The summed E-state index contributed by atoms with van der Waals surface area (Å²) in [4.78, 5) is 16.2. The number of carboxylic acid groups (broad SMARTS) is 1. The van der Waals surface area contributed by atoms with Crippen molar-refractivity contribution >= 4 is 55.6 Å². The molecule has 0 aliphatic rings. The van der Waals surface area contributed by atoms with Gasteiger partial charge in [-0.1, -0.05) is 0 Å². The van der Waals surface area contributed by atoms with Crippen LogP contribution in [0.25, 0.3) is 22.3 Å². The normalized spacial score (nSPS) is 11.6. The van der Waals surface area contributed by atoms with E-state index in [1.165, 1.54) is 36.4 Å². The van der Waals surface area contributed by atoms with Crippen LogP contribution in [0.5, 0.6) is 10.9 Å². The first kappa shape index (κ1) is 23.0. The third-order valence-electron chi connectivity index (χ3n) is 4.40. The maximum atomic E-state index is 13.3. The number of fused-ring (bicyclic) bond motifs is 1. The van der Waals surface area contributed by atoms with E-state index in [-0.39, 0.29) is 44.8 Å². The molecule has 2 N–H and O–H groups in total.